The predicted molar refractivity (Wildman–Crippen MR) is 61.8 cm³/mol. The lowest BCUT2D eigenvalue weighted by molar-refractivity contribution is -0.0734. The lowest BCUT2D eigenvalue weighted by atomic mass is 9.64. The molecule has 2 rings (SSSR count). The second kappa shape index (κ2) is 4.40. The zero-order valence-corrected chi connectivity index (χ0v) is 9.92. The van der Waals surface area contributed by atoms with Crippen molar-refractivity contribution >= 4 is 0 Å². The van der Waals surface area contributed by atoms with Crippen molar-refractivity contribution in [3.05, 3.63) is 0 Å². The maximum absolute atomic E-state index is 9.63. The Kier molecular flexibility index (Phi) is 3.33. The molecule has 1 saturated heterocycles. The fourth-order valence-corrected chi connectivity index (χ4v) is 2.66. The fraction of sp³-hybridized carbons (Fsp3) is 1.00. The molecule has 0 aromatic carbocycles. The molecule has 3 heteroatoms. The molecular formula is C12H24N2O. The summed E-state index contributed by atoms with van der Waals surface area (Å²) in [6.07, 6.45) is 3.46. The van der Waals surface area contributed by atoms with E-state index in [4.69, 9.17) is 0 Å². The highest BCUT2D eigenvalue weighted by molar-refractivity contribution is 5.01. The summed E-state index contributed by atoms with van der Waals surface area (Å²) in [5, 5.41) is 16.7. The molecule has 15 heavy (non-hydrogen) atoms. The molecule has 0 radical (unpaired) electrons. The number of rotatable bonds is 3. The minimum Gasteiger partial charge on any atom is -0.392 e. The van der Waals surface area contributed by atoms with Crippen molar-refractivity contribution in [2.45, 2.75) is 45.3 Å². The lowest BCUT2D eigenvalue weighted by Crippen LogP contribution is -2.60. The fourth-order valence-electron chi connectivity index (χ4n) is 2.66. The largest absolute Gasteiger partial charge is 0.392 e. The molecule has 3 unspecified atom stereocenters. The smallest absolute Gasteiger partial charge is 0.0621 e. The van der Waals surface area contributed by atoms with Gasteiger partial charge in [-0.1, -0.05) is 13.8 Å². The molecule has 1 heterocycles. The predicted octanol–water partition coefficient (Wildman–Crippen LogP) is 0.735. The van der Waals surface area contributed by atoms with Gasteiger partial charge in [0.15, 0.2) is 0 Å². The third-order valence-corrected chi connectivity index (χ3v) is 4.27. The van der Waals surface area contributed by atoms with E-state index in [1.165, 1.54) is 19.4 Å². The minimum atomic E-state index is -0.112. The van der Waals surface area contributed by atoms with Gasteiger partial charge in [0.25, 0.3) is 0 Å². The molecule has 1 aliphatic carbocycles. The topological polar surface area (TPSA) is 44.3 Å². The average Bonchev–Trinajstić information content (AvgIpc) is 2.25. The van der Waals surface area contributed by atoms with Crippen LogP contribution in [0.25, 0.3) is 0 Å². The number of hydrogen-bond donors (Lipinski definition) is 3. The highest BCUT2D eigenvalue weighted by atomic mass is 16.3. The Morgan fingerprint density at radius 1 is 1.47 bits per heavy atom. The third kappa shape index (κ3) is 2.35. The van der Waals surface area contributed by atoms with E-state index in [0.29, 0.717) is 6.04 Å². The number of piperidine rings is 1. The van der Waals surface area contributed by atoms with Crippen LogP contribution < -0.4 is 10.6 Å². The van der Waals surface area contributed by atoms with Crippen LogP contribution in [0.4, 0.5) is 0 Å². The zero-order valence-electron chi connectivity index (χ0n) is 9.92. The molecule has 1 saturated carbocycles. The Balaban J connectivity index is 1.70. The van der Waals surface area contributed by atoms with Gasteiger partial charge in [0.2, 0.25) is 0 Å². The highest BCUT2D eigenvalue weighted by Gasteiger charge is 2.46. The summed E-state index contributed by atoms with van der Waals surface area (Å²) in [5.41, 5.74) is 0.0715. The average molecular weight is 212 g/mol. The third-order valence-electron chi connectivity index (χ3n) is 4.27. The number of nitrogens with one attached hydrogen (secondary N) is 2. The number of aliphatic hydroxyl groups excluding tert-OH is 1. The van der Waals surface area contributed by atoms with Crippen LogP contribution in [0.2, 0.25) is 0 Å². The first-order valence-corrected chi connectivity index (χ1v) is 6.23. The van der Waals surface area contributed by atoms with Crippen LogP contribution in [0.3, 0.4) is 0 Å². The van der Waals surface area contributed by atoms with Crippen LogP contribution in [-0.2, 0) is 0 Å². The first-order valence-electron chi connectivity index (χ1n) is 6.23. The monoisotopic (exact) mass is 212 g/mol. The van der Waals surface area contributed by atoms with Gasteiger partial charge in [0, 0.05) is 11.5 Å². The molecule has 0 amide bonds. The van der Waals surface area contributed by atoms with Crippen molar-refractivity contribution in [1.82, 2.24) is 10.6 Å². The van der Waals surface area contributed by atoms with Gasteiger partial charge in [-0.25, -0.2) is 0 Å². The van der Waals surface area contributed by atoms with Crippen LogP contribution in [0.1, 0.15) is 33.1 Å². The summed E-state index contributed by atoms with van der Waals surface area (Å²) in [6, 6.07) is 0.509. The maximum atomic E-state index is 9.63. The van der Waals surface area contributed by atoms with E-state index in [1.807, 2.05) is 0 Å². The van der Waals surface area contributed by atoms with Crippen LogP contribution in [0, 0.1) is 11.3 Å². The van der Waals surface area contributed by atoms with Crippen LogP contribution in [-0.4, -0.2) is 36.9 Å². The van der Waals surface area contributed by atoms with Crippen molar-refractivity contribution < 1.29 is 5.11 Å². The van der Waals surface area contributed by atoms with Crippen LogP contribution in [0.15, 0.2) is 0 Å². The van der Waals surface area contributed by atoms with E-state index < -0.39 is 0 Å². The van der Waals surface area contributed by atoms with Gasteiger partial charge in [0.05, 0.1) is 6.10 Å². The Morgan fingerprint density at radius 2 is 2.27 bits per heavy atom. The molecule has 3 N–H and O–H groups in total. The number of hydrogen-bond acceptors (Lipinski definition) is 3. The van der Waals surface area contributed by atoms with Crippen molar-refractivity contribution in [1.29, 1.82) is 0 Å². The van der Waals surface area contributed by atoms with Gasteiger partial charge in [-0.15, -0.1) is 0 Å². The summed E-state index contributed by atoms with van der Waals surface area (Å²) >= 11 is 0. The maximum Gasteiger partial charge on any atom is 0.0621 e. The van der Waals surface area contributed by atoms with Gasteiger partial charge >= 0.3 is 0 Å². The molecule has 2 fully saturated rings. The highest BCUT2D eigenvalue weighted by Crippen LogP contribution is 2.40. The summed E-state index contributed by atoms with van der Waals surface area (Å²) < 4.78 is 0. The first kappa shape index (κ1) is 11.4. The van der Waals surface area contributed by atoms with E-state index in [1.54, 1.807) is 0 Å². The molecule has 3 nitrogen and oxygen atoms in total. The van der Waals surface area contributed by atoms with Gasteiger partial charge in [-0.05, 0) is 44.8 Å². The second-order valence-corrected chi connectivity index (χ2v) is 5.75. The van der Waals surface area contributed by atoms with Gasteiger partial charge in [0.1, 0.15) is 0 Å². The Hall–Kier alpha value is -0.120. The van der Waals surface area contributed by atoms with Gasteiger partial charge in [-0.3, -0.25) is 0 Å². The van der Waals surface area contributed by atoms with Crippen molar-refractivity contribution in [2.24, 2.45) is 11.3 Å². The summed E-state index contributed by atoms with van der Waals surface area (Å²) in [4.78, 5) is 0. The van der Waals surface area contributed by atoms with Gasteiger partial charge < -0.3 is 15.7 Å². The number of aliphatic hydroxyl groups is 1. The van der Waals surface area contributed by atoms with E-state index in [-0.39, 0.29) is 11.5 Å². The molecule has 3 atom stereocenters. The Morgan fingerprint density at radius 3 is 2.80 bits per heavy atom. The first-order chi connectivity index (χ1) is 7.10. The van der Waals surface area contributed by atoms with E-state index in [2.05, 4.69) is 24.5 Å². The molecule has 2 aliphatic rings. The molecule has 88 valence electrons. The Bertz CT molecular complexity index is 212. The van der Waals surface area contributed by atoms with Crippen LogP contribution >= 0.6 is 0 Å². The minimum absolute atomic E-state index is 0.0715. The summed E-state index contributed by atoms with van der Waals surface area (Å²) in [7, 11) is 0. The quantitative estimate of drug-likeness (QED) is 0.646. The second-order valence-electron chi connectivity index (χ2n) is 5.75. The van der Waals surface area contributed by atoms with Crippen molar-refractivity contribution in [3.8, 4) is 0 Å². The molecule has 1 aliphatic heterocycles. The summed E-state index contributed by atoms with van der Waals surface area (Å²) in [6.45, 7) is 7.75. The zero-order chi connectivity index (χ0) is 10.9. The molecular weight excluding hydrogens is 188 g/mol. The SMILES string of the molecule is CC1(C)C(O)CC1NCC1CCCNC1. The lowest BCUT2D eigenvalue weighted by Gasteiger charge is -2.50. The van der Waals surface area contributed by atoms with Crippen molar-refractivity contribution in [3.63, 3.8) is 0 Å². The normalized spacial score (nSPS) is 39.8. The molecule has 0 bridgehead atoms. The summed E-state index contributed by atoms with van der Waals surface area (Å²) in [5.74, 6) is 0.785. The van der Waals surface area contributed by atoms with Crippen LogP contribution in [0.5, 0.6) is 0 Å². The standard InChI is InChI=1S/C12H24N2O/c1-12(2)10(6-11(12)15)14-8-9-4-3-5-13-7-9/h9-11,13-15H,3-8H2,1-2H3. The molecule has 0 spiro atoms. The van der Waals surface area contributed by atoms with E-state index in [9.17, 15) is 5.11 Å². The van der Waals surface area contributed by atoms with E-state index >= 15 is 0 Å². The van der Waals surface area contributed by atoms with E-state index in [0.717, 1.165) is 25.4 Å². The molecule has 0 aromatic heterocycles. The van der Waals surface area contributed by atoms with Crippen molar-refractivity contribution in [2.75, 3.05) is 19.6 Å². The van der Waals surface area contributed by atoms with Gasteiger partial charge in [-0.2, -0.15) is 0 Å². The molecule has 0 aromatic rings. The Labute approximate surface area is 92.6 Å².